The number of benzene rings is 1. The number of hydrogen-bond donors (Lipinski definition) is 0. The Morgan fingerprint density at radius 2 is 2.21 bits per heavy atom. The summed E-state index contributed by atoms with van der Waals surface area (Å²) < 4.78 is 32.5. The van der Waals surface area contributed by atoms with Gasteiger partial charge in [0, 0.05) is 24.9 Å². The fourth-order valence-corrected chi connectivity index (χ4v) is 1.69. The predicted molar refractivity (Wildman–Crippen MR) is 63.4 cm³/mol. The number of methoxy groups -OCH3 is 1. The molecule has 0 aliphatic heterocycles. The van der Waals surface area contributed by atoms with Crippen LogP contribution < -0.4 is 0 Å². The molecule has 19 heavy (non-hydrogen) atoms. The van der Waals surface area contributed by atoms with Gasteiger partial charge in [0.15, 0.2) is 0 Å². The highest BCUT2D eigenvalue weighted by Crippen LogP contribution is 2.14. The van der Waals surface area contributed by atoms with Crippen LogP contribution in [0.2, 0.25) is 0 Å². The number of rotatable bonds is 4. The van der Waals surface area contributed by atoms with E-state index in [0.717, 1.165) is 6.07 Å². The van der Waals surface area contributed by atoms with Crippen molar-refractivity contribution in [1.82, 2.24) is 9.55 Å². The van der Waals surface area contributed by atoms with Gasteiger partial charge in [0.05, 0.1) is 7.11 Å². The van der Waals surface area contributed by atoms with E-state index in [0.29, 0.717) is 11.4 Å². The molecule has 0 aliphatic carbocycles. The molecule has 0 amide bonds. The van der Waals surface area contributed by atoms with E-state index >= 15 is 0 Å². The normalized spacial score (nSPS) is 10.5. The molecule has 100 valence electrons. The van der Waals surface area contributed by atoms with Crippen LogP contribution in [-0.4, -0.2) is 22.6 Å². The summed E-state index contributed by atoms with van der Waals surface area (Å²) in [4.78, 5) is 15.3. The lowest BCUT2D eigenvalue weighted by Crippen LogP contribution is -2.14. The molecule has 0 spiro atoms. The first-order chi connectivity index (χ1) is 9.10. The largest absolute Gasteiger partial charge is 0.468 e. The van der Waals surface area contributed by atoms with Crippen molar-refractivity contribution in [1.29, 1.82) is 0 Å². The number of nitrogens with zero attached hydrogens (tertiary/aromatic N) is 2. The summed E-state index contributed by atoms with van der Waals surface area (Å²) in [5.74, 6) is -1.17. The highest BCUT2D eigenvalue weighted by molar-refractivity contribution is 5.69. The van der Waals surface area contributed by atoms with Gasteiger partial charge >= 0.3 is 5.97 Å². The molecule has 1 aromatic heterocycles. The maximum atomic E-state index is 13.5. The van der Waals surface area contributed by atoms with Gasteiger partial charge in [0.2, 0.25) is 0 Å². The van der Waals surface area contributed by atoms with Crippen molar-refractivity contribution in [2.45, 2.75) is 13.0 Å². The number of imidazole rings is 1. The minimum atomic E-state index is -0.632. The van der Waals surface area contributed by atoms with Crippen molar-refractivity contribution in [2.24, 2.45) is 0 Å². The van der Waals surface area contributed by atoms with Crippen LogP contribution in [0.3, 0.4) is 0 Å². The highest BCUT2D eigenvalue weighted by atomic mass is 19.1. The van der Waals surface area contributed by atoms with Gasteiger partial charge in [-0.05, 0) is 11.6 Å². The van der Waals surface area contributed by atoms with Crippen molar-refractivity contribution < 1.29 is 18.3 Å². The average molecular weight is 266 g/mol. The maximum absolute atomic E-state index is 13.5. The smallest absolute Gasteiger partial charge is 0.325 e. The Balaban J connectivity index is 2.19. The predicted octanol–water partition coefficient (Wildman–Crippen LogP) is 1.93. The molecule has 0 fully saturated rings. The summed E-state index contributed by atoms with van der Waals surface area (Å²) in [7, 11) is 1.29. The third-order valence-corrected chi connectivity index (χ3v) is 2.69. The minimum Gasteiger partial charge on any atom is -0.468 e. The molecule has 0 saturated heterocycles. The highest BCUT2D eigenvalue weighted by Gasteiger charge is 2.11. The molecule has 2 aromatic rings. The SMILES string of the molecule is COC(=O)Cn1ccnc1Cc1ccc(F)cc1F. The van der Waals surface area contributed by atoms with Crippen molar-refractivity contribution in [3.8, 4) is 0 Å². The van der Waals surface area contributed by atoms with Gasteiger partial charge in [-0.2, -0.15) is 0 Å². The Kier molecular flexibility index (Phi) is 3.89. The second-order valence-electron chi connectivity index (χ2n) is 3.96. The minimum absolute atomic E-state index is 0.00858. The summed E-state index contributed by atoms with van der Waals surface area (Å²) in [5.41, 5.74) is 0.318. The third kappa shape index (κ3) is 3.15. The number of esters is 1. The van der Waals surface area contributed by atoms with Gasteiger partial charge in [-0.3, -0.25) is 4.79 Å². The Bertz CT molecular complexity index is 596. The van der Waals surface area contributed by atoms with E-state index in [1.165, 1.54) is 25.4 Å². The number of hydrogen-bond acceptors (Lipinski definition) is 3. The molecule has 1 aromatic carbocycles. The number of aromatic nitrogens is 2. The van der Waals surface area contributed by atoms with Crippen LogP contribution in [0, 0.1) is 11.6 Å². The monoisotopic (exact) mass is 266 g/mol. The van der Waals surface area contributed by atoms with E-state index in [1.54, 1.807) is 10.8 Å². The topological polar surface area (TPSA) is 44.1 Å². The zero-order chi connectivity index (χ0) is 13.8. The summed E-state index contributed by atoms with van der Waals surface area (Å²) in [5, 5.41) is 0. The molecule has 0 atom stereocenters. The van der Waals surface area contributed by atoms with Crippen LogP contribution in [0.4, 0.5) is 8.78 Å². The molecule has 0 aliphatic rings. The average Bonchev–Trinajstić information content (AvgIpc) is 2.80. The zero-order valence-corrected chi connectivity index (χ0v) is 10.3. The summed E-state index contributed by atoms with van der Waals surface area (Å²) >= 11 is 0. The molecule has 0 N–H and O–H groups in total. The molecule has 2 rings (SSSR count). The molecular weight excluding hydrogens is 254 g/mol. The Labute approximate surface area is 108 Å². The van der Waals surface area contributed by atoms with Crippen LogP contribution in [0.25, 0.3) is 0 Å². The summed E-state index contributed by atoms with van der Waals surface area (Å²) in [6.07, 6.45) is 3.30. The first-order valence-electron chi connectivity index (χ1n) is 5.61. The van der Waals surface area contributed by atoms with Crippen molar-refractivity contribution in [3.63, 3.8) is 0 Å². The molecule has 1 heterocycles. The number of carbonyl (C=O) groups excluding carboxylic acids is 1. The van der Waals surface area contributed by atoms with E-state index in [9.17, 15) is 13.6 Å². The first-order valence-corrected chi connectivity index (χ1v) is 5.61. The van der Waals surface area contributed by atoms with Gasteiger partial charge in [0.25, 0.3) is 0 Å². The lowest BCUT2D eigenvalue weighted by molar-refractivity contribution is -0.141. The van der Waals surface area contributed by atoms with Crippen LogP contribution in [-0.2, 0) is 22.5 Å². The number of carbonyl (C=O) groups is 1. The maximum Gasteiger partial charge on any atom is 0.325 e. The van der Waals surface area contributed by atoms with E-state index < -0.39 is 17.6 Å². The molecule has 0 saturated carbocycles. The van der Waals surface area contributed by atoms with E-state index in [2.05, 4.69) is 9.72 Å². The molecule has 6 heteroatoms. The van der Waals surface area contributed by atoms with Crippen LogP contribution >= 0.6 is 0 Å². The molecule has 0 radical (unpaired) electrons. The molecule has 0 unspecified atom stereocenters. The Morgan fingerprint density at radius 3 is 2.89 bits per heavy atom. The van der Waals surface area contributed by atoms with Crippen molar-refractivity contribution in [3.05, 3.63) is 53.6 Å². The number of halogens is 2. The second-order valence-corrected chi connectivity index (χ2v) is 3.96. The van der Waals surface area contributed by atoms with Gasteiger partial charge in [-0.1, -0.05) is 6.07 Å². The van der Waals surface area contributed by atoms with Crippen molar-refractivity contribution >= 4 is 5.97 Å². The molecule has 0 bridgehead atoms. The number of ether oxygens (including phenoxy) is 1. The lowest BCUT2D eigenvalue weighted by atomic mass is 10.1. The summed E-state index contributed by atoms with van der Waals surface area (Å²) in [6, 6.07) is 3.37. The zero-order valence-electron chi connectivity index (χ0n) is 10.3. The summed E-state index contributed by atoms with van der Waals surface area (Å²) in [6.45, 7) is 0.00858. The lowest BCUT2D eigenvalue weighted by Gasteiger charge is -2.07. The van der Waals surface area contributed by atoms with Gasteiger partial charge < -0.3 is 9.30 Å². The Morgan fingerprint density at radius 1 is 1.42 bits per heavy atom. The third-order valence-electron chi connectivity index (χ3n) is 2.69. The van der Waals surface area contributed by atoms with Crippen LogP contribution in [0.15, 0.2) is 30.6 Å². The van der Waals surface area contributed by atoms with E-state index in [4.69, 9.17) is 0 Å². The molecule has 4 nitrogen and oxygen atoms in total. The Hall–Kier alpha value is -2.24. The second kappa shape index (κ2) is 5.60. The van der Waals surface area contributed by atoms with Crippen molar-refractivity contribution in [2.75, 3.05) is 7.11 Å². The standard InChI is InChI=1S/C13H12F2N2O2/c1-19-13(18)8-17-5-4-16-12(17)6-9-2-3-10(14)7-11(9)15/h2-5,7H,6,8H2,1H3. The van der Waals surface area contributed by atoms with E-state index in [1.807, 2.05) is 0 Å². The van der Waals surface area contributed by atoms with Gasteiger partial charge in [-0.25, -0.2) is 13.8 Å². The first kappa shape index (κ1) is 13.2. The fourth-order valence-electron chi connectivity index (χ4n) is 1.69. The quantitative estimate of drug-likeness (QED) is 0.794. The van der Waals surface area contributed by atoms with Crippen LogP contribution in [0.1, 0.15) is 11.4 Å². The van der Waals surface area contributed by atoms with E-state index in [-0.39, 0.29) is 13.0 Å². The molecular formula is C13H12F2N2O2. The van der Waals surface area contributed by atoms with Gasteiger partial charge in [-0.15, -0.1) is 0 Å². The van der Waals surface area contributed by atoms with Crippen LogP contribution in [0.5, 0.6) is 0 Å². The fraction of sp³-hybridized carbons (Fsp3) is 0.231. The van der Waals surface area contributed by atoms with Gasteiger partial charge in [0.1, 0.15) is 24.0 Å².